The van der Waals surface area contributed by atoms with Gasteiger partial charge in [-0.1, -0.05) is 81.2 Å². The Bertz CT molecular complexity index is 1310. The predicted molar refractivity (Wildman–Crippen MR) is 128 cm³/mol. The molecule has 0 aliphatic heterocycles. The van der Waals surface area contributed by atoms with Crippen LogP contribution in [0.15, 0.2) is 51.0 Å². The first-order valence-electron chi connectivity index (χ1n) is 11.4. The highest BCUT2D eigenvalue weighted by Gasteiger charge is 2.20. The molecule has 1 fully saturated rings. The summed E-state index contributed by atoms with van der Waals surface area (Å²) >= 11 is 1.73. The van der Waals surface area contributed by atoms with Crippen molar-refractivity contribution in [3.63, 3.8) is 0 Å². The Labute approximate surface area is 196 Å². The van der Waals surface area contributed by atoms with Crippen molar-refractivity contribution < 1.29 is 4.52 Å². The molecule has 4 aromatic rings. The predicted octanol–water partition coefficient (Wildman–Crippen LogP) is 4.71. The molecule has 1 aliphatic rings. The Morgan fingerprint density at radius 3 is 2.61 bits per heavy atom. The molecule has 3 aromatic heterocycles. The van der Waals surface area contributed by atoms with Gasteiger partial charge in [0.05, 0.1) is 0 Å². The smallest absolute Gasteiger partial charge is 0.337 e. The Morgan fingerprint density at radius 1 is 1.12 bits per heavy atom. The third-order valence-corrected chi connectivity index (χ3v) is 7.38. The minimum absolute atomic E-state index is 0.0776. The average molecular weight is 465 g/mol. The maximum absolute atomic E-state index is 12.9. The van der Waals surface area contributed by atoms with E-state index < -0.39 is 0 Å². The summed E-state index contributed by atoms with van der Waals surface area (Å²) in [4.78, 5) is 21.9. The summed E-state index contributed by atoms with van der Waals surface area (Å²) in [6, 6.07) is 8.15. The van der Waals surface area contributed by atoms with E-state index in [0.29, 0.717) is 22.6 Å². The molecule has 0 radical (unpaired) electrons. The van der Waals surface area contributed by atoms with Crippen molar-refractivity contribution in [1.29, 1.82) is 0 Å². The van der Waals surface area contributed by atoms with E-state index in [-0.39, 0.29) is 17.6 Å². The van der Waals surface area contributed by atoms with Gasteiger partial charge in [0.1, 0.15) is 11.6 Å². The first-order valence-corrected chi connectivity index (χ1v) is 12.3. The van der Waals surface area contributed by atoms with Crippen molar-refractivity contribution in [2.45, 2.75) is 75.1 Å². The van der Waals surface area contributed by atoms with Gasteiger partial charge in [-0.3, -0.25) is 0 Å². The molecule has 0 atom stereocenters. The second kappa shape index (κ2) is 8.78. The maximum Gasteiger partial charge on any atom is 0.350 e. The lowest BCUT2D eigenvalue weighted by atomic mass is 9.87. The minimum Gasteiger partial charge on any atom is -0.337 e. The highest BCUT2D eigenvalue weighted by Crippen LogP contribution is 2.33. The molecule has 8 nitrogen and oxygen atoms in total. The largest absolute Gasteiger partial charge is 0.350 e. The van der Waals surface area contributed by atoms with Crippen LogP contribution in [0.25, 0.3) is 17.0 Å². The quantitative estimate of drug-likeness (QED) is 0.422. The van der Waals surface area contributed by atoms with Crippen LogP contribution < -0.4 is 5.69 Å². The van der Waals surface area contributed by atoms with Crippen LogP contribution in [0.3, 0.4) is 0 Å². The van der Waals surface area contributed by atoms with Crippen LogP contribution in [0, 0.1) is 0 Å². The molecular formula is C24H28N6O2S. The fraction of sp³-hybridized carbons (Fsp3) is 0.458. The van der Waals surface area contributed by atoms with Crippen molar-refractivity contribution in [3.8, 4) is 11.4 Å². The fourth-order valence-corrected chi connectivity index (χ4v) is 5.39. The second-order valence-electron chi connectivity index (χ2n) is 9.58. The number of nitrogens with zero attached hydrogens (tertiary/aromatic N) is 6. The molecule has 172 valence electrons. The van der Waals surface area contributed by atoms with Crippen molar-refractivity contribution in [2.24, 2.45) is 0 Å². The normalized spacial score (nSPS) is 15.4. The van der Waals surface area contributed by atoms with E-state index in [1.165, 1.54) is 42.3 Å². The van der Waals surface area contributed by atoms with Gasteiger partial charge in [-0.25, -0.2) is 18.9 Å². The van der Waals surface area contributed by atoms with Gasteiger partial charge in [-0.05, 0) is 23.8 Å². The summed E-state index contributed by atoms with van der Waals surface area (Å²) in [5.41, 5.74) is 2.52. The van der Waals surface area contributed by atoms with Gasteiger partial charge < -0.3 is 4.52 Å². The molecule has 0 saturated heterocycles. The zero-order valence-corrected chi connectivity index (χ0v) is 20.0. The first kappa shape index (κ1) is 21.9. The number of hydrogen-bond donors (Lipinski definition) is 0. The topological polar surface area (TPSA) is 91.1 Å². The number of aromatic nitrogens is 6. The fourth-order valence-electron chi connectivity index (χ4n) is 4.14. The van der Waals surface area contributed by atoms with E-state index in [2.05, 4.69) is 53.1 Å². The molecule has 3 heterocycles. The highest BCUT2D eigenvalue weighted by atomic mass is 32.2. The highest BCUT2D eigenvalue weighted by molar-refractivity contribution is 8.00. The second-order valence-corrected chi connectivity index (χ2v) is 10.9. The molecule has 1 aromatic carbocycles. The van der Waals surface area contributed by atoms with Gasteiger partial charge in [0.15, 0.2) is 5.65 Å². The number of fused-ring (bicyclic) bond motifs is 1. The van der Waals surface area contributed by atoms with Gasteiger partial charge in [-0.15, -0.1) is 5.10 Å². The lowest BCUT2D eigenvalue weighted by molar-refractivity contribution is 0.364. The van der Waals surface area contributed by atoms with E-state index in [1.54, 1.807) is 28.6 Å². The van der Waals surface area contributed by atoms with Crippen LogP contribution in [0.1, 0.15) is 64.3 Å². The molecule has 0 spiro atoms. The van der Waals surface area contributed by atoms with E-state index in [9.17, 15) is 4.79 Å². The summed E-state index contributed by atoms with van der Waals surface area (Å²) in [6.07, 6.45) is 9.48. The Hall–Kier alpha value is -2.94. The van der Waals surface area contributed by atoms with Crippen molar-refractivity contribution in [3.05, 3.63) is 58.6 Å². The summed E-state index contributed by atoms with van der Waals surface area (Å²) in [6.45, 7) is 6.64. The van der Waals surface area contributed by atoms with Crippen molar-refractivity contribution >= 4 is 17.4 Å². The Balaban J connectivity index is 1.37. The molecule has 33 heavy (non-hydrogen) atoms. The van der Waals surface area contributed by atoms with Crippen LogP contribution in [0.5, 0.6) is 0 Å². The maximum atomic E-state index is 12.9. The van der Waals surface area contributed by atoms with E-state index in [1.807, 2.05) is 12.1 Å². The lowest BCUT2D eigenvalue weighted by Gasteiger charge is -2.20. The SMILES string of the molecule is CC(C)(C)c1ccc(-c2noc(Cn3nc4c(SC5CCCCC5)nccn4c3=O)n2)cc1. The van der Waals surface area contributed by atoms with Gasteiger partial charge >= 0.3 is 5.69 Å². The van der Waals surface area contributed by atoms with Crippen LogP contribution >= 0.6 is 11.8 Å². The van der Waals surface area contributed by atoms with E-state index >= 15 is 0 Å². The van der Waals surface area contributed by atoms with Crippen LogP contribution in [-0.4, -0.2) is 34.6 Å². The van der Waals surface area contributed by atoms with Gasteiger partial charge in [-0.2, -0.15) is 4.98 Å². The van der Waals surface area contributed by atoms with E-state index in [4.69, 9.17) is 4.52 Å². The van der Waals surface area contributed by atoms with Crippen LogP contribution in [0.2, 0.25) is 0 Å². The molecule has 0 amide bonds. The molecule has 1 aliphatic carbocycles. The average Bonchev–Trinajstić information content (AvgIpc) is 3.40. The minimum atomic E-state index is -0.243. The summed E-state index contributed by atoms with van der Waals surface area (Å²) in [5, 5.41) is 9.98. The Morgan fingerprint density at radius 2 is 1.88 bits per heavy atom. The lowest BCUT2D eigenvalue weighted by Crippen LogP contribution is -2.21. The molecule has 0 N–H and O–H groups in total. The summed E-state index contributed by atoms with van der Waals surface area (Å²) in [7, 11) is 0. The molecule has 0 unspecified atom stereocenters. The van der Waals surface area contributed by atoms with Crippen molar-refractivity contribution in [2.75, 3.05) is 0 Å². The third kappa shape index (κ3) is 4.59. The van der Waals surface area contributed by atoms with Gasteiger partial charge in [0, 0.05) is 23.2 Å². The number of rotatable bonds is 5. The van der Waals surface area contributed by atoms with Crippen molar-refractivity contribution in [1.82, 2.24) is 29.3 Å². The van der Waals surface area contributed by atoms with Gasteiger partial charge in [0.2, 0.25) is 11.7 Å². The summed E-state index contributed by atoms with van der Waals surface area (Å²) < 4.78 is 8.34. The number of thioether (sulfide) groups is 1. The molecular weight excluding hydrogens is 436 g/mol. The third-order valence-electron chi connectivity index (χ3n) is 6.06. The zero-order chi connectivity index (χ0) is 23.0. The number of hydrogen-bond acceptors (Lipinski definition) is 7. The first-order chi connectivity index (χ1) is 15.9. The molecule has 5 rings (SSSR count). The number of benzene rings is 1. The Kier molecular flexibility index (Phi) is 5.82. The van der Waals surface area contributed by atoms with E-state index in [0.717, 1.165) is 10.6 Å². The zero-order valence-electron chi connectivity index (χ0n) is 19.2. The van der Waals surface area contributed by atoms with Crippen LogP contribution in [0.4, 0.5) is 0 Å². The van der Waals surface area contributed by atoms with Gasteiger partial charge in [0.25, 0.3) is 0 Å². The summed E-state index contributed by atoms with van der Waals surface area (Å²) in [5.74, 6) is 0.835. The monoisotopic (exact) mass is 464 g/mol. The standard InChI is InChI=1S/C24H28N6O2S/c1-24(2,3)17-11-9-16(10-12-17)20-26-19(32-28-20)15-30-23(31)29-14-13-25-22(21(29)27-30)33-18-7-5-4-6-8-18/h9-14,18H,4-8,15H2,1-3H3. The molecule has 1 saturated carbocycles. The molecule has 0 bridgehead atoms. The molecule has 9 heteroatoms. The van der Waals surface area contributed by atoms with Crippen LogP contribution in [-0.2, 0) is 12.0 Å².